The first kappa shape index (κ1) is 16.9. The van der Waals surface area contributed by atoms with Gasteiger partial charge in [0, 0.05) is 36.9 Å². The lowest BCUT2D eigenvalue weighted by atomic mass is 10.2. The van der Waals surface area contributed by atoms with Crippen LogP contribution in [0.4, 0.5) is 10.5 Å². The standard InChI is InChI=1S/C17H17ClN6O/c1-23(11-13-6-3-4-9-15(13)18)17(25)19-14-8-5-7-12(10-14)16-20-21-22-24(16)2/h3-10H,11H2,1-2H3,(H,19,25). The summed E-state index contributed by atoms with van der Waals surface area (Å²) in [4.78, 5) is 14.0. The van der Waals surface area contributed by atoms with Gasteiger partial charge in [-0.3, -0.25) is 0 Å². The number of amides is 2. The Bertz CT molecular complexity index is 894. The molecule has 0 saturated heterocycles. The van der Waals surface area contributed by atoms with Crippen molar-refractivity contribution in [1.29, 1.82) is 0 Å². The molecule has 128 valence electrons. The Morgan fingerprint density at radius 1 is 1.24 bits per heavy atom. The summed E-state index contributed by atoms with van der Waals surface area (Å²) in [5, 5.41) is 14.9. The van der Waals surface area contributed by atoms with Gasteiger partial charge in [-0.25, -0.2) is 9.48 Å². The molecule has 0 aliphatic heterocycles. The Labute approximate surface area is 150 Å². The SMILES string of the molecule is CN(Cc1ccccc1Cl)C(=O)Nc1cccc(-c2nnnn2C)c1. The second kappa shape index (κ2) is 7.31. The van der Waals surface area contributed by atoms with Gasteiger partial charge in [-0.05, 0) is 34.2 Å². The number of hydrogen-bond acceptors (Lipinski definition) is 4. The zero-order chi connectivity index (χ0) is 17.8. The highest BCUT2D eigenvalue weighted by Gasteiger charge is 2.12. The van der Waals surface area contributed by atoms with Gasteiger partial charge in [-0.2, -0.15) is 0 Å². The average Bonchev–Trinajstić information content (AvgIpc) is 3.03. The minimum absolute atomic E-state index is 0.229. The minimum atomic E-state index is -0.229. The first-order chi connectivity index (χ1) is 12.0. The lowest BCUT2D eigenvalue weighted by Gasteiger charge is -2.19. The van der Waals surface area contributed by atoms with E-state index >= 15 is 0 Å². The lowest BCUT2D eigenvalue weighted by molar-refractivity contribution is 0.220. The third kappa shape index (κ3) is 3.95. The summed E-state index contributed by atoms with van der Waals surface area (Å²) >= 11 is 6.15. The molecule has 0 spiro atoms. The molecule has 2 amide bonds. The van der Waals surface area contributed by atoms with Gasteiger partial charge in [-0.1, -0.05) is 41.9 Å². The Balaban J connectivity index is 1.71. The molecular weight excluding hydrogens is 340 g/mol. The second-order valence-electron chi connectivity index (χ2n) is 5.58. The molecule has 0 atom stereocenters. The number of aryl methyl sites for hydroxylation is 1. The van der Waals surface area contributed by atoms with Crippen molar-refractivity contribution in [3.05, 3.63) is 59.1 Å². The number of hydrogen-bond donors (Lipinski definition) is 1. The molecule has 0 aliphatic rings. The fourth-order valence-corrected chi connectivity index (χ4v) is 2.58. The Morgan fingerprint density at radius 3 is 2.76 bits per heavy atom. The predicted molar refractivity (Wildman–Crippen MR) is 96.2 cm³/mol. The van der Waals surface area contributed by atoms with Crippen LogP contribution in [0, 0.1) is 0 Å². The van der Waals surface area contributed by atoms with Crippen molar-refractivity contribution in [2.45, 2.75) is 6.54 Å². The largest absolute Gasteiger partial charge is 0.323 e. The highest BCUT2D eigenvalue weighted by Crippen LogP contribution is 2.20. The maximum Gasteiger partial charge on any atom is 0.321 e. The van der Waals surface area contributed by atoms with Crippen molar-refractivity contribution in [3.63, 3.8) is 0 Å². The quantitative estimate of drug-likeness (QED) is 0.778. The monoisotopic (exact) mass is 356 g/mol. The molecule has 1 heterocycles. The van der Waals surface area contributed by atoms with E-state index in [0.717, 1.165) is 11.1 Å². The van der Waals surface area contributed by atoms with Crippen molar-refractivity contribution in [3.8, 4) is 11.4 Å². The minimum Gasteiger partial charge on any atom is -0.323 e. The smallest absolute Gasteiger partial charge is 0.321 e. The van der Waals surface area contributed by atoms with Crippen LogP contribution in [-0.2, 0) is 13.6 Å². The number of rotatable bonds is 4. The number of tetrazole rings is 1. The zero-order valence-electron chi connectivity index (χ0n) is 13.8. The molecule has 25 heavy (non-hydrogen) atoms. The van der Waals surface area contributed by atoms with Gasteiger partial charge in [0.15, 0.2) is 5.82 Å². The molecule has 1 N–H and O–H groups in total. The fraction of sp³-hybridized carbons (Fsp3) is 0.176. The van der Waals surface area contributed by atoms with Crippen LogP contribution >= 0.6 is 11.6 Å². The first-order valence-corrected chi connectivity index (χ1v) is 8.00. The molecule has 0 unspecified atom stereocenters. The summed E-state index contributed by atoms with van der Waals surface area (Å²) < 4.78 is 1.57. The second-order valence-corrected chi connectivity index (χ2v) is 5.99. The van der Waals surface area contributed by atoms with E-state index in [1.54, 1.807) is 29.7 Å². The molecule has 3 rings (SSSR count). The molecule has 7 nitrogen and oxygen atoms in total. The van der Waals surface area contributed by atoms with Crippen molar-refractivity contribution in [2.24, 2.45) is 7.05 Å². The van der Waals surface area contributed by atoms with Crippen LogP contribution in [0.3, 0.4) is 0 Å². The van der Waals surface area contributed by atoms with Gasteiger partial charge >= 0.3 is 6.03 Å². The average molecular weight is 357 g/mol. The maximum absolute atomic E-state index is 12.4. The normalized spacial score (nSPS) is 10.5. The number of halogens is 1. The van der Waals surface area contributed by atoms with Gasteiger partial charge < -0.3 is 10.2 Å². The van der Waals surface area contributed by atoms with E-state index in [1.807, 2.05) is 42.5 Å². The van der Waals surface area contributed by atoms with E-state index in [1.165, 1.54) is 0 Å². The fourth-order valence-electron chi connectivity index (χ4n) is 2.38. The van der Waals surface area contributed by atoms with Crippen LogP contribution in [0.1, 0.15) is 5.56 Å². The van der Waals surface area contributed by atoms with E-state index < -0.39 is 0 Å². The molecular formula is C17H17ClN6O. The predicted octanol–water partition coefficient (Wildman–Crippen LogP) is 3.19. The third-order valence-electron chi connectivity index (χ3n) is 3.70. The van der Waals surface area contributed by atoms with Crippen LogP contribution in [0.25, 0.3) is 11.4 Å². The maximum atomic E-state index is 12.4. The van der Waals surface area contributed by atoms with Crippen molar-refractivity contribution >= 4 is 23.3 Å². The Morgan fingerprint density at radius 2 is 2.04 bits per heavy atom. The number of anilines is 1. The summed E-state index contributed by atoms with van der Waals surface area (Å²) in [6.07, 6.45) is 0. The number of nitrogens with one attached hydrogen (secondary N) is 1. The molecule has 0 fully saturated rings. The van der Waals surface area contributed by atoms with Gasteiger partial charge in [0.05, 0.1) is 0 Å². The van der Waals surface area contributed by atoms with Crippen molar-refractivity contribution in [2.75, 3.05) is 12.4 Å². The molecule has 0 saturated carbocycles. The van der Waals surface area contributed by atoms with Crippen LogP contribution in [0.2, 0.25) is 5.02 Å². The number of benzene rings is 2. The molecule has 1 aromatic heterocycles. The summed E-state index contributed by atoms with van der Waals surface area (Å²) in [5.41, 5.74) is 2.37. The van der Waals surface area contributed by atoms with E-state index in [4.69, 9.17) is 11.6 Å². The van der Waals surface area contributed by atoms with Crippen LogP contribution < -0.4 is 5.32 Å². The van der Waals surface area contributed by atoms with Gasteiger partial charge in [0.2, 0.25) is 0 Å². The number of aromatic nitrogens is 4. The van der Waals surface area contributed by atoms with E-state index in [-0.39, 0.29) is 6.03 Å². The Hall–Kier alpha value is -2.93. The van der Waals surface area contributed by atoms with E-state index in [2.05, 4.69) is 20.8 Å². The van der Waals surface area contributed by atoms with E-state index in [0.29, 0.717) is 23.1 Å². The van der Waals surface area contributed by atoms with Crippen LogP contribution in [0.15, 0.2) is 48.5 Å². The number of carbonyl (C=O) groups excluding carboxylic acids is 1. The first-order valence-electron chi connectivity index (χ1n) is 7.63. The molecule has 0 bridgehead atoms. The number of nitrogens with zero attached hydrogens (tertiary/aromatic N) is 5. The number of carbonyl (C=O) groups is 1. The van der Waals surface area contributed by atoms with Gasteiger partial charge in [0.1, 0.15) is 0 Å². The topological polar surface area (TPSA) is 75.9 Å². The molecule has 0 aliphatic carbocycles. The van der Waals surface area contributed by atoms with Crippen molar-refractivity contribution < 1.29 is 4.79 Å². The summed E-state index contributed by atoms with van der Waals surface area (Å²) in [6.45, 7) is 0.415. The van der Waals surface area contributed by atoms with Crippen molar-refractivity contribution in [1.82, 2.24) is 25.1 Å². The number of urea groups is 1. The molecule has 3 aromatic rings. The van der Waals surface area contributed by atoms with Gasteiger partial charge in [0.25, 0.3) is 0 Å². The van der Waals surface area contributed by atoms with Crippen LogP contribution in [0.5, 0.6) is 0 Å². The summed E-state index contributed by atoms with van der Waals surface area (Å²) in [5.74, 6) is 0.625. The Kier molecular flexibility index (Phi) is 4.95. The van der Waals surface area contributed by atoms with Crippen LogP contribution in [-0.4, -0.2) is 38.2 Å². The highest BCUT2D eigenvalue weighted by molar-refractivity contribution is 6.31. The van der Waals surface area contributed by atoms with E-state index in [9.17, 15) is 4.79 Å². The summed E-state index contributed by atoms with van der Waals surface area (Å²) in [6, 6.07) is 14.6. The highest BCUT2D eigenvalue weighted by atomic mass is 35.5. The molecule has 2 aromatic carbocycles. The zero-order valence-corrected chi connectivity index (χ0v) is 14.6. The van der Waals surface area contributed by atoms with Gasteiger partial charge in [-0.15, -0.1) is 5.10 Å². The lowest BCUT2D eigenvalue weighted by Crippen LogP contribution is -2.30. The summed E-state index contributed by atoms with van der Waals surface area (Å²) in [7, 11) is 3.48. The molecule has 8 heteroatoms. The molecule has 0 radical (unpaired) electrons. The third-order valence-corrected chi connectivity index (χ3v) is 4.07.